The molecule has 2 aliphatic carbocycles. The maximum Gasteiger partial charge on any atom is 0.232 e. The fourth-order valence-electron chi connectivity index (χ4n) is 9.54. The predicted octanol–water partition coefficient (Wildman–Crippen LogP) is 10.3. The fraction of sp³-hybridized carbons (Fsp3) is 0.170. The first-order valence-electron chi connectivity index (χ1n) is 18.7. The Morgan fingerprint density at radius 1 is 0.736 bits per heavy atom. The second-order valence-electron chi connectivity index (χ2n) is 15.0. The molecule has 0 spiro atoms. The zero-order valence-electron chi connectivity index (χ0n) is 29.8. The second-order valence-corrected chi connectivity index (χ2v) is 15.0. The van der Waals surface area contributed by atoms with Crippen LogP contribution in [0.15, 0.2) is 156 Å². The quantitative estimate of drug-likeness (QED) is 0.186. The van der Waals surface area contributed by atoms with Crippen LogP contribution in [0.5, 0.6) is 0 Å². The van der Waals surface area contributed by atoms with Gasteiger partial charge in [0, 0.05) is 45.4 Å². The topological polar surface area (TPSA) is 50.7 Å². The lowest BCUT2D eigenvalue weighted by Gasteiger charge is -2.39. The molecule has 0 amide bonds. The van der Waals surface area contributed by atoms with Gasteiger partial charge in [-0.15, -0.1) is 0 Å². The first kappa shape index (κ1) is 30.4. The monoisotopic (exact) mass is 686 g/mol. The van der Waals surface area contributed by atoms with E-state index in [-0.39, 0.29) is 17.6 Å². The highest BCUT2D eigenvalue weighted by Gasteiger charge is 2.48. The number of aliphatic imine (C=N–C) groups is 2. The van der Waals surface area contributed by atoms with Crippen LogP contribution in [-0.2, 0) is 5.41 Å². The van der Waals surface area contributed by atoms with Crippen LogP contribution in [0.3, 0.4) is 0 Å². The lowest BCUT2D eigenvalue weighted by molar-refractivity contribution is 0.483. The lowest BCUT2D eigenvalue weighted by Crippen LogP contribution is -2.48. The number of nitrogens with zero attached hydrogens (tertiary/aromatic N) is 6. The third kappa shape index (κ3) is 4.35. The number of pyridine rings is 1. The van der Waals surface area contributed by atoms with Gasteiger partial charge in [-0.05, 0) is 72.9 Å². The van der Waals surface area contributed by atoms with Crippen LogP contribution in [0.1, 0.15) is 55.0 Å². The Morgan fingerprint density at radius 2 is 1.43 bits per heavy atom. The summed E-state index contributed by atoms with van der Waals surface area (Å²) in [6.45, 7) is 4.68. The molecule has 6 heteroatoms. The highest BCUT2D eigenvalue weighted by molar-refractivity contribution is 6.17. The van der Waals surface area contributed by atoms with Gasteiger partial charge in [0.25, 0.3) is 0 Å². The van der Waals surface area contributed by atoms with Crippen molar-refractivity contribution in [3.63, 3.8) is 0 Å². The van der Waals surface area contributed by atoms with Crippen molar-refractivity contribution in [1.82, 2.24) is 14.1 Å². The number of hydrogen-bond donors (Lipinski definition) is 0. The number of aromatic nitrogens is 3. The van der Waals surface area contributed by atoms with Crippen LogP contribution < -0.4 is 4.90 Å². The normalized spacial score (nSPS) is 23.0. The average Bonchev–Trinajstić information content (AvgIpc) is 3.82. The van der Waals surface area contributed by atoms with Crippen LogP contribution in [0, 0.1) is 0 Å². The largest absolute Gasteiger partial charge is 0.341 e. The van der Waals surface area contributed by atoms with Crippen LogP contribution in [0.4, 0.5) is 5.69 Å². The molecule has 2 aliphatic heterocycles. The van der Waals surface area contributed by atoms with Gasteiger partial charge in [0.2, 0.25) is 5.96 Å². The van der Waals surface area contributed by atoms with Gasteiger partial charge in [0.05, 0.1) is 34.0 Å². The highest BCUT2D eigenvalue weighted by Crippen LogP contribution is 2.50. The van der Waals surface area contributed by atoms with Gasteiger partial charge >= 0.3 is 0 Å². The Labute approximate surface area is 308 Å². The van der Waals surface area contributed by atoms with Crippen molar-refractivity contribution in [1.29, 1.82) is 0 Å². The molecule has 4 atom stereocenters. The molecule has 5 heterocycles. The van der Waals surface area contributed by atoms with Gasteiger partial charge in [-0.1, -0.05) is 110 Å². The third-order valence-corrected chi connectivity index (χ3v) is 12.0. The van der Waals surface area contributed by atoms with Crippen molar-refractivity contribution in [3.05, 3.63) is 168 Å². The maximum atomic E-state index is 5.58. The Hall–Kier alpha value is -6.27. The Kier molecular flexibility index (Phi) is 6.51. The van der Waals surface area contributed by atoms with E-state index in [2.05, 4.69) is 174 Å². The lowest BCUT2D eigenvalue weighted by atomic mass is 9.76. The standard InChI is InChI=1S/C47H38N6/c1-30-14-13-23-41-45(30)34-17-5-9-21-39(34)51(41)43-26-25-31(29-48-43)36-28-44(53-40-22-10-6-18-35(40)47(2)27-12-11-24-42(47)53)50-46(49-36)52-37-19-7-3-15-32(37)33-16-4-8-20-38(33)52/h3-13,15-27,29-30,42,44H,14,28H2,1-2H3. The minimum Gasteiger partial charge on any atom is -0.341 e. The van der Waals surface area contributed by atoms with Crippen molar-refractivity contribution in [2.75, 3.05) is 4.90 Å². The Bertz CT molecular complexity index is 2740. The summed E-state index contributed by atoms with van der Waals surface area (Å²) < 4.78 is 4.57. The molecule has 0 saturated heterocycles. The van der Waals surface area contributed by atoms with E-state index in [9.17, 15) is 0 Å². The van der Waals surface area contributed by atoms with Crippen LogP contribution in [0.2, 0.25) is 0 Å². The molecule has 0 radical (unpaired) electrons. The summed E-state index contributed by atoms with van der Waals surface area (Å²) >= 11 is 0. The van der Waals surface area contributed by atoms with Crippen LogP contribution in [0.25, 0.3) is 44.6 Å². The first-order valence-corrected chi connectivity index (χ1v) is 18.7. The summed E-state index contributed by atoms with van der Waals surface area (Å²) in [6, 6.07) is 39.3. The van der Waals surface area contributed by atoms with Gasteiger partial charge in [0.1, 0.15) is 12.0 Å². The van der Waals surface area contributed by atoms with Gasteiger partial charge in [-0.25, -0.2) is 15.0 Å². The molecule has 0 N–H and O–H groups in total. The summed E-state index contributed by atoms with van der Waals surface area (Å²) in [5, 5.41) is 3.70. The highest BCUT2D eigenvalue weighted by atomic mass is 15.3. The maximum absolute atomic E-state index is 5.58. The smallest absolute Gasteiger partial charge is 0.232 e. The number of rotatable bonds is 3. The van der Waals surface area contributed by atoms with Crippen molar-refractivity contribution >= 4 is 56.1 Å². The number of benzene rings is 4. The summed E-state index contributed by atoms with van der Waals surface area (Å²) in [6.07, 6.45) is 17.2. The molecule has 53 heavy (non-hydrogen) atoms. The van der Waals surface area contributed by atoms with E-state index < -0.39 is 0 Å². The fourth-order valence-corrected chi connectivity index (χ4v) is 9.54. The van der Waals surface area contributed by atoms with E-state index in [4.69, 9.17) is 15.0 Å². The first-order chi connectivity index (χ1) is 26.1. The number of anilines is 1. The van der Waals surface area contributed by atoms with Crippen molar-refractivity contribution in [2.45, 2.75) is 50.2 Å². The van der Waals surface area contributed by atoms with Crippen LogP contribution in [-0.4, -0.2) is 38.0 Å². The van der Waals surface area contributed by atoms with E-state index in [0.29, 0.717) is 18.3 Å². The molecular formula is C47H38N6. The summed E-state index contributed by atoms with van der Waals surface area (Å²) in [7, 11) is 0. The predicted molar refractivity (Wildman–Crippen MR) is 219 cm³/mol. The molecule has 0 saturated carbocycles. The van der Waals surface area contributed by atoms with Gasteiger partial charge < -0.3 is 4.90 Å². The molecule has 7 aromatic rings. The molecule has 4 aromatic carbocycles. The van der Waals surface area contributed by atoms with Gasteiger partial charge in [-0.2, -0.15) is 0 Å². The second kappa shape index (κ2) is 11.4. The van der Waals surface area contributed by atoms with E-state index in [1.807, 2.05) is 6.20 Å². The van der Waals surface area contributed by atoms with E-state index in [1.54, 1.807) is 0 Å². The number of fused-ring (bicyclic) bond motifs is 9. The zero-order valence-corrected chi connectivity index (χ0v) is 29.8. The van der Waals surface area contributed by atoms with Gasteiger partial charge in [-0.3, -0.25) is 9.13 Å². The summed E-state index contributed by atoms with van der Waals surface area (Å²) in [4.78, 5) is 18.7. The Morgan fingerprint density at radius 3 is 2.19 bits per heavy atom. The number of allylic oxidation sites excluding steroid dienone is 3. The van der Waals surface area contributed by atoms with E-state index >= 15 is 0 Å². The third-order valence-electron chi connectivity index (χ3n) is 12.0. The summed E-state index contributed by atoms with van der Waals surface area (Å²) in [5.41, 5.74) is 10.4. The molecule has 256 valence electrons. The van der Waals surface area contributed by atoms with Crippen LogP contribution >= 0.6 is 0 Å². The number of para-hydroxylation sites is 4. The number of hydrogen-bond acceptors (Lipinski definition) is 4. The molecule has 0 fully saturated rings. The minimum absolute atomic E-state index is 0.126. The zero-order chi connectivity index (χ0) is 35.3. The van der Waals surface area contributed by atoms with Gasteiger partial charge in [0.15, 0.2) is 0 Å². The molecule has 6 nitrogen and oxygen atoms in total. The molecule has 4 aliphatic rings. The minimum atomic E-state index is -0.187. The molecule has 4 unspecified atom stereocenters. The Balaban J connectivity index is 1.08. The molecule has 11 rings (SSSR count). The van der Waals surface area contributed by atoms with E-state index in [0.717, 1.165) is 34.5 Å². The van der Waals surface area contributed by atoms with E-state index in [1.165, 1.54) is 44.2 Å². The van der Waals surface area contributed by atoms with Crippen molar-refractivity contribution < 1.29 is 0 Å². The summed E-state index contributed by atoms with van der Waals surface area (Å²) in [5.74, 6) is 2.07. The average molecular weight is 687 g/mol. The van der Waals surface area contributed by atoms with Crippen molar-refractivity contribution in [3.8, 4) is 5.82 Å². The molecule has 0 bridgehead atoms. The molecule has 3 aromatic heterocycles. The SMILES string of the molecule is CC1CC=Cc2c1c1ccccc1n2-c1ccc(C2=NC(n3c4ccccc4c4ccccc43)=NC(N3c4ccccc4C4(C)C=CC=CC34)C2)cn1. The van der Waals surface area contributed by atoms with Crippen molar-refractivity contribution in [2.24, 2.45) is 9.98 Å². The molecular weight excluding hydrogens is 649 g/mol.